The fraction of sp³-hybridized carbons (Fsp3) is 0.333. The van der Waals surface area contributed by atoms with Gasteiger partial charge in [-0.25, -0.2) is 13.2 Å². The van der Waals surface area contributed by atoms with Crippen LogP contribution < -0.4 is 15.4 Å². The molecule has 2 bridgehead atoms. The molecule has 0 heterocycles. The lowest BCUT2D eigenvalue weighted by Gasteiger charge is -2.37. The minimum Gasteiger partial charge on any atom is -0.457 e. The smallest absolute Gasteiger partial charge is 0.345 e. The molecule has 2 fully saturated rings. The number of benzene rings is 2. The van der Waals surface area contributed by atoms with Crippen LogP contribution in [-0.4, -0.2) is 25.7 Å². The second kappa shape index (κ2) is 8.23. The molecule has 2 aromatic carbocycles. The van der Waals surface area contributed by atoms with Gasteiger partial charge in [-0.2, -0.15) is 10.6 Å². The van der Waals surface area contributed by atoms with E-state index >= 15 is 0 Å². The normalized spacial score (nSPS) is 25.3. The van der Waals surface area contributed by atoms with E-state index in [1.54, 1.807) is 24.3 Å². The Kier molecular flexibility index (Phi) is 5.78. The summed E-state index contributed by atoms with van der Waals surface area (Å²) in [7, 11) is -4.10. The van der Waals surface area contributed by atoms with Gasteiger partial charge >= 0.3 is 5.97 Å². The maximum absolute atomic E-state index is 13.0. The first-order chi connectivity index (χ1) is 14.7. The zero-order chi connectivity index (χ0) is 22.2. The number of nitrogens with one attached hydrogen (secondary N) is 1. The summed E-state index contributed by atoms with van der Waals surface area (Å²) in [6, 6.07) is 12.5. The second-order valence-corrected chi connectivity index (χ2v) is 10.0. The van der Waals surface area contributed by atoms with E-state index in [2.05, 4.69) is 9.56 Å². The summed E-state index contributed by atoms with van der Waals surface area (Å²) in [5, 5.41) is 0.572. The van der Waals surface area contributed by atoms with Crippen molar-refractivity contribution in [3.8, 4) is 11.5 Å². The fourth-order valence-electron chi connectivity index (χ4n) is 4.40. The van der Waals surface area contributed by atoms with E-state index < -0.39 is 21.5 Å². The standard InChI is InChI=1S/C21H21ClN2O6S/c22-15-3-5-16(6-4-15)29-17-7-9-18(10-8-17)31(27,28)24-21(20(26)30-23)11-13-1-2-14(12-21)19(13)25/h3-10,13-14,24H,1-2,11-12,23H2. The number of nitrogens with two attached hydrogens (primary N) is 1. The molecule has 164 valence electrons. The number of fused-ring (bicyclic) bond motifs is 2. The highest BCUT2D eigenvalue weighted by atomic mass is 35.5. The lowest BCUT2D eigenvalue weighted by molar-refractivity contribution is -0.155. The van der Waals surface area contributed by atoms with Crippen molar-refractivity contribution in [1.29, 1.82) is 0 Å². The molecule has 0 aliphatic heterocycles. The van der Waals surface area contributed by atoms with Gasteiger partial charge in [-0.1, -0.05) is 11.6 Å². The van der Waals surface area contributed by atoms with E-state index in [-0.39, 0.29) is 35.4 Å². The van der Waals surface area contributed by atoms with Gasteiger partial charge in [0.1, 0.15) is 22.8 Å². The van der Waals surface area contributed by atoms with Crippen molar-refractivity contribution in [3.63, 3.8) is 0 Å². The number of carbonyl (C=O) groups is 2. The number of hydrogen-bond donors (Lipinski definition) is 2. The molecule has 2 unspecified atom stereocenters. The van der Waals surface area contributed by atoms with Gasteiger partial charge in [-0.15, -0.1) is 0 Å². The number of ketones is 1. The van der Waals surface area contributed by atoms with E-state index in [1.807, 2.05) is 0 Å². The van der Waals surface area contributed by atoms with Crippen LogP contribution in [0.5, 0.6) is 11.5 Å². The number of sulfonamides is 1. The Morgan fingerprint density at radius 2 is 1.52 bits per heavy atom. The average Bonchev–Trinajstić information content (AvgIpc) is 2.96. The Balaban J connectivity index is 1.55. The van der Waals surface area contributed by atoms with Gasteiger partial charge < -0.3 is 9.57 Å². The monoisotopic (exact) mass is 464 g/mol. The average molecular weight is 465 g/mol. The zero-order valence-corrected chi connectivity index (χ0v) is 18.0. The fourth-order valence-corrected chi connectivity index (χ4v) is 5.90. The molecule has 2 atom stereocenters. The number of rotatable bonds is 6. The molecule has 2 aliphatic rings. The maximum Gasteiger partial charge on any atom is 0.345 e. The molecule has 0 spiro atoms. The Hall–Kier alpha value is -2.46. The Morgan fingerprint density at radius 1 is 1.00 bits per heavy atom. The first kappa shape index (κ1) is 21.8. The minimum absolute atomic E-state index is 0.0371. The quantitative estimate of drug-likeness (QED) is 0.629. The van der Waals surface area contributed by atoms with Crippen molar-refractivity contribution in [2.45, 2.75) is 36.1 Å². The molecular formula is C21H21ClN2O6S. The molecule has 0 saturated heterocycles. The summed E-state index contributed by atoms with van der Waals surface area (Å²) < 4.78 is 34.3. The summed E-state index contributed by atoms with van der Waals surface area (Å²) >= 11 is 5.85. The highest BCUT2D eigenvalue weighted by Gasteiger charge is 2.55. The van der Waals surface area contributed by atoms with E-state index in [9.17, 15) is 18.0 Å². The third kappa shape index (κ3) is 4.31. The van der Waals surface area contributed by atoms with Crippen LogP contribution in [0, 0.1) is 11.8 Å². The van der Waals surface area contributed by atoms with Gasteiger partial charge in [0.15, 0.2) is 0 Å². The molecular weight excluding hydrogens is 444 g/mol. The lowest BCUT2D eigenvalue weighted by Crippen LogP contribution is -2.59. The molecule has 4 rings (SSSR count). The second-order valence-electron chi connectivity index (χ2n) is 7.90. The largest absolute Gasteiger partial charge is 0.457 e. The molecule has 2 aromatic rings. The van der Waals surface area contributed by atoms with Gasteiger partial charge in [0.25, 0.3) is 0 Å². The number of ether oxygens (including phenoxy) is 1. The van der Waals surface area contributed by atoms with Crippen molar-refractivity contribution in [1.82, 2.24) is 4.72 Å². The van der Waals surface area contributed by atoms with E-state index in [0.29, 0.717) is 29.4 Å². The highest BCUT2D eigenvalue weighted by molar-refractivity contribution is 7.89. The van der Waals surface area contributed by atoms with Crippen molar-refractivity contribution < 1.29 is 27.6 Å². The number of halogens is 1. The van der Waals surface area contributed by atoms with Gasteiger partial charge in [0, 0.05) is 16.9 Å². The van der Waals surface area contributed by atoms with E-state index in [0.717, 1.165) is 0 Å². The Labute approximate surface area is 184 Å². The Morgan fingerprint density at radius 3 is 2.03 bits per heavy atom. The predicted octanol–water partition coefficient (Wildman–Crippen LogP) is 2.96. The lowest BCUT2D eigenvalue weighted by atomic mass is 9.75. The number of hydrogen-bond acceptors (Lipinski definition) is 7. The van der Waals surface area contributed by atoms with Crippen LogP contribution in [0.15, 0.2) is 53.4 Å². The van der Waals surface area contributed by atoms with Crippen molar-refractivity contribution in [2.24, 2.45) is 17.7 Å². The summed E-state index contributed by atoms with van der Waals surface area (Å²) in [4.78, 5) is 29.1. The van der Waals surface area contributed by atoms with Crippen molar-refractivity contribution >= 4 is 33.4 Å². The highest BCUT2D eigenvalue weighted by Crippen LogP contribution is 2.45. The first-order valence-electron chi connectivity index (χ1n) is 9.75. The molecule has 2 aliphatic carbocycles. The Bertz CT molecular complexity index is 1090. The van der Waals surface area contributed by atoms with Crippen LogP contribution in [-0.2, 0) is 24.4 Å². The van der Waals surface area contributed by atoms with Crippen LogP contribution in [0.2, 0.25) is 5.02 Å². The van der Waals surface area contributed by atoms with Crippen LogP contribution in [0.25, 0.3) is 0 Å². The molecule has 0 aromatic heterocycles. The summed E-state index contributed by atoms with van der Waals surface area (Å²) in [6.07, 6.45) is 1.33. The molecule has 0 radical (unpaired) electrons. The van der Waals surface area contributed by atoms with Gasteiger partial charge in [-0.3, -0.25) is 4.79 Å². The summed E-state index contributed by atoms with van der Waals surface area (Å²) in [6.45, 7) is 0. The third-order valence-corrected chi connectivity index (χ3v) is 7.67. The SMILES string of the molecule is NOC(=O)C1(NS(=O)(=O)c2ccc(Oc3ccc(Cl)cc3)cc2)CC2CCC(C1)C2=O. The van der Waals surface area contributed by atoms with Gasteiger partial charge in [-0.05, 0) is 74.2 Å². The molecule has 10 heteroatoms. The van der Waals surface area contributed by atoms with Gasteiger partial charge in [0.05, 0.1) is 4.90 Å². The van der Waals surface area contributed by atoms with E-state index in [1.165, 1.54) is 24.3 Å². The molecule has 3 N–H and O–H groups in total. The third-order valence-electron chi connectivity index (χ3n) is 5.87. The van der Waals surface area contributed by atoms with Crippen LogP contribution in [0.4, 0.5) is 0 Å². The topological polar surface area (TPSA) is 125 Å². The van der Waals surface area contributed by atoms with Crippen molar-refractivity contribution in [2.75, 3.05) is 0 Å². The van der Waals surface area contributed by atoms with Crippen LogP contribution in [0.1, 0.15) is 25.7 Å². The van der Waals surface area contributed by atoms with E-state index in [4.69, 9.17) is 22.2 Å². The summed E-state index contributed by atoms with van der Waals surface area (Å²) in [5.41, 5.74) is -1.56. The molecule has 0 amide bonds. The van der Waals surface area contributed by atoms with Crippen LogP contribution in [0.3, 0.4) is 0 Å². The number of Topliss-reactive ketones (excluding diaryl/α,β-unsaturated/α-hetero) is 1. The summed E-state index contributed by atoms with van der Waals surface area (Å²) in [5.74, 6) is 4.50. The van der Waals surface area contributed by atoms with Crippen molar-refractivity contribution in [3.05, 3.63) is 53.6 Å². The minimum atomic E-state index is -4.10. The molecule has 8 nitrogen and oxygen atoms in total. The maximum atomic E-state index is 13.0. The zero-order valence-electron chi connectivity index (χ0n) is 16.4. The number of carbonyl (C=O) groups excluding carboxylic acids is 2. The van der Waals surface area contributed by atoms with Gasteiger partial charge in [0.2, 0.25) is 10.0 Å². The predicted molar refractivity (Wildman–Crippen MR) is 112 cm³/mol. The van der Waals surface area contributed by atoms with Crippen LogP contribution >= 0.6 is 11.6 Å². The molecule has 31 heavy (non-hydrogen) atoms. The molecule has 2 saturated carbocycles. The first-order valence-corrected chi connectivity index (χ1v) is 11.6.